The Kier molecular flexibility index (Phi) is 6.44. The first kappa shape index (κ1) is 17.0. The van der Waals surface area contributed by atoms with Crippen molar-refractivity contribution in [3.05, 3.63) is 35.4 Å². The van der Waals surface area contributed by atoms with Gasteiger partial charge >= 0.3 is 0 Å². The number of aryl methyl sites for hydroxylation is 1. The van der Waals surface area contributed by atoms with E-state index in [9.17, 15) is 4.79 Å². The normalized spacial score (nSPS) is 16.5. The second kappa shape index (κ2) is 8.33. The van der Waals surface area contributed by atoms with Crippen molar-refractivity contribution in [3.8, 4) is 0 Å². The number of nitrogens with zero attached hydrogens (tertiary/aromatic N) is 2. The van der Waals surface area contributed by atoms with E-state index in [1.807, 2.05) is 24.1 Å². The number of hydrogen-bond donors (Lipinski definition) is 0. The minimum atomic E-state index is 0.218. The van der Waals surface area contributed by atoms with Gasteiger partial charge in [-0.2, -0.15) is 0 Å². The van der Waals surface area contributed by atoms with Crippen LogP contribution in [0.1, 0.15) is 49.7 Å². The quantitative estimate of drug-likeness (QED) is 0.776. The maximum Gasteiger partial charge on any atom is 0.236 e. The first-order valence-corrected chi connectivity index (χ1v) is 8.56. The molecular formula is C19H30N2O. The summed E-state index contributed by atoms with van der Waals surface area (Å²) in [5, 5.41) is 0. The SMILES string of the molecule is Cc1ccccc1CN(C)C(=O)CN(C)C1CCCCCC1. The van der Waals surface area contributed by atoms with Crippen molar-refractivity contribution < 1.29 is 4.79 Å². The van der Waals surface area contributed by atoms with Crippen LogP contribution in [0, 0.1) is 6.92 Å². The van der Waals surface area contributed by atoms with E-state index in [2.05, 4.69) is 31.0 Å². The lowest BCUT2D eigenvalue weighted by molar-refractivity contribution is -0.131. The van der Waals surface area contributed by atoms with Gasteiger partial charge in [-0.15, -0.1) is 0 Å². The molecule has 0 unspecified atom stereocenters. The molecule has 122 valence electrons. The molecule has 0 bridgehead atoms. The second-order valence-electron chi connectivity index (χ2n) is 6.74. The van der Waals surface area contributed by atoms with E-state index in [0.717, 1.165) is 0 Å². The molecule has 0 saturated heterocycles. The zero-order chi connectivity index (χ0) is 15.9. The molecule has 1 aliphatic rings. The molecule has 0 spiro atoms. The number of benzene rings is 1. The topological polar surface area (TPSA) is 23.6 Å². The van der Waals surface area contributed by atoms with Crippen molar-refractivity contribution in [2.24, 2.45) is 0 Å². The lowest BCUT2D eigenvalue weighted by atomic mass is 10.1. The van der Waals surface area contributed by atoms with Gasteiger partial charge in [-0.25, -0.2) is 0 Å². The van der Waals surface area contributed by atoms with Gasteiger partial charge in [0.15, 0.2) is 0 Å². The summed E-state index contributed by atoms with van der Waals surface area (Å²) in [6, 6.07) is 8.87. The molecule has 3 nitrogen and oxygen atoms in total. The molecule has 0 atom stereocenters. The van der Waals surface area contributed by atoms with E-state index in [0.29, 0.717) is 19.1 Å². The van der Waals surface area contributed by atoms with Crippen LogP contribution in [0.15, 0.2) is 24.3 Å². The molecular weight excluding hydrogens is 272 g/mol. The molecule has 1 aromatic carbocycles. The maximum absolute atomic E-state index is 12.5. The molecule has 3 heteroatoms. The average molecular weight is 302 g/mol. The van der Waals surface area contributed by atoms with Crippen molar-refractivity contribution in [1.82, 2.24) is 9.80 Å². The summed E-state index contributed by atoms with van der Waals surface area (Å²) in [6.07, 6.45) is 7.80. The predicted molar refractivity (Wildman–Crippen MR) is 91.8 cm³/mol. The average Bonchev–Trinajstić information content (AvgIpc) is 2.78. The third-order valence-corrected chi connectivity index (χ3v) is 4.93. The standard InChI is InChI=1S/C19H30N2O/c1-16-10-8-9-11-17(16)14-21(3)19(22)15-20(2)18-12-6-4-5-7-13-18/h8-11,18H,4-7,12-15H2,1-3H3. The Morgan fingerprint density at radius 2 is 1.73 bits per heavy atom. The molecule has 0 aromatic heterocycles. The Morgan fingerprint density at radius 1 is 1.09 bits per heavy atom. The minimum Gasteiger partial charge on any atom is -0.340 e. The first-order chi connectivity index (χ1) is 10.6. The fourth-order valence-electron chi connectivity index (χ4n) is 3.29. The lowest BCUT2D eigenvalue weighted by Gasteiger charge is -2.28. The number of carbonyl (C=O) groups is 1. The summed E-state index contributed by atoms with van der Waals surface area (Å²) in [5.41, 5.74) is 2.48. The number of hydrogen-bond acceptors (Lipinski definition) is 2. The van der Waals surface area contributed by atoms with Crippen LogP contribution >= 0.6 is 0 Å². The fraction of sp³-hybridized carbons (Fsp3) is 0.632. The fourth-order valence-corrected chi connectivity index (χ4v) is 3.29. The second-order valence-corrected chi connectivity index (χ2v) is 6.74. The molecule has 1 aliphatic carbocycles. The van der Waals surface area contributed by atoms with E-state index < -0.39 is 0 Å². The van der Waals surface area contributed by atoms with Crippen LogP contribution in [0.3, 0.4) is 0 Å². The van der Waals surface area contributed by atoms with E-state index in [1.54, 1.807) is 0 Å². The van der Waals surface area contributed by atoms with Gasteiger partial charge in [0.05, 0.1) is 6.54 Å². The highest BCUT2D eigenvalue weighted by Crippen LogP contribution is 2.21. The summed E-state index contributed by atoms with van der Waals surface area (Å²) < 4.78 is 0. The van der Waals surface area contributed by atoms with Crippen LogP contribution in [0.4, 0.5) is 0 Å². The molecule has 0 radical (unpaired) electrons. The van der Waals surface area contributed by atoms with Crippen LogP contribution in [-0.2, 0) is 11.3 Å². The summed E-state index contributed by atoms with van der Waals surface area (Å²) in [6.45, 7) is 3.34. The smallest absolute Gasteiger partial charge is 0.236 e. The molecule has 0 heterocycles. The van der Waals surface area contributed by atoms with E-state index in [-0.39, 0.29) is 5.91 Å². The third-order valence-electron chi connectivity index (χ3n) is 4.93. The van der Waals surface area contributed by atoms with Gasteiger partial charge in [0, 0.05) is 19.6 Å². The van der Waals surface area contributed by atoms with Crippen molar-refractivity contribution in [2.45, 2.75) is 58.0 Å². The van der Waals surface area contributed by atoms with Gasteiger partial charge in [-0.3, -0.25) is 9.69 Å². The number of carbonyl (C=O) groups excluding carboxylic acids is 1. The Hall–Kier alpha value is -1.35. The van der Waals surface area contributed by atoms with Gasteiger partial charge in [0.2, 0.25) is 5.91 Å². The highest BCUT2D eigenvalue weighted by atomic mass is 16.2. The van der Waals surface area contributed by atoms with Gasteiger partial charge in [0.1, 0.15) is 0 Å². The highest BCUT2D eigenvalue weighted by Gasteiger charge is 2.20. The Balaban J connectivity index is 1.86. The number of amides is 1. The molecule has 2 rings (SSSR count). The Morgan fingerprint density at radius 3 is 2.36 bits per heavy atom. The lowest BCUT2D eigenvalue weighted by Crippen LogP contribution is -2.41. The summed E-state index contributed by atoms with van der Waals surface area (Å²) in [7, 11) is 4.02. The summed E-state index contributed by atoms with van der Waals surface area (Å²) in [5.74, 6) is 0.218. The van der Waals surface area contributed by atoms with E-state index >= 15 is 0 Å². The Bertz CT molecular complexity index is 478. The largest absolute Gasteiger partial charge is 0.340 e. The molecule has 1 amide bonds. The molecule has 1 fully saturated rings. The zero-order valence-electron chi connectivity index (χ0n) is 14.3. The van der Waals surface area contributed by atoms with Crippen LogP contribution < -0.4 is 0 Å². The number of rotatable bonds is 5. The first-order valence-electron chi connectivity index (χ1n) is 8.56. The number of likely N-dealkylation sites (N-methyl/N-ethyl adjacent to an activating group) is 2. The van der Waals surface area contributed by atoms with E-state index in [4.69, 9.17) is 0 Å². The van der Waals surface area contributed by atoms with Crippen molar-refractivity contribution in [1.29, 1.82) is 0 Å². The van der Waals surface area contributed by atoms with E-state index in [1.165, 1.54) is 49.7 Å². The molecule has 0 N–H and O–H groups in total. The maximum atomic E-state index is 12.5. The highest BCUT2D eigenvalue weighted by molar-refractivity contribution is 5.78. The van der Waals surface area contributed by atoms with Gasteiger partial charge in [0.25, 0.3) is 0 Å². The van der Waals surface area contributed by atoms with Crippen LogP contribution in [0.2, 0.25) is 0 Å². The summed E-state index contributed by atoms with van der Waals surface area (Å²) >= 11 is 0. The third kappa shape index (κ3) is 4.84. The monoisotopic (exact) mass is 302 g/mol. The zero-order valence-corrected chi connectivity index (χ0v) is 14.3. The van der Waals surface area contributed by atoms with Gasteiger partial charge < -0.3 is 4.90 Å². The van der Waals surface area contributed by atoms with Gasteiger partial charge in [-0.1, -0.05) is 49.9 Å². The minimum absolute atomic E-state index is 0.218. The predicted octanol–water partition coefficient (Wildman–Crippen LogP) is 3.61. The molecule has 0 aliphatic heterocycles. The van der Waals surface area contributed by atoms with Gasteiger partial charge in [-0.05, 0) is 37.9 Å². The van der Waals surface area contributed by atoms with Crippen LogP contribution in [0.25, 0.3) is 0 Å². The molecule has 1 aromatic rings. The van der Waals surface area contributed by atoms with Crippen LogP contribution in [0.5, 0.6) is 0 Å². The van der Waals surface area contributed by atoms with Crippen LogP contribution in [-0.4, -0.2) is 42.4 Å². The molecule has 1 saturated carbocycles. The molecule has 22 heavy (non-hydrogen) atoms. The van der Waals surface area contributed by atoms with Crippen molar-refractivity contribution in [2.75, 3.05) is 20.6 Å². The van der Waals surface area contributed by atoms with Crippen molar-refractivity contribution in [3.63, 3.8) is 0 Å². The van der Waals surface area contributed by atoms with Crippen molar-refractivity contribution >= 4 is 5.91 Å². The summed E-state index contributed by atoms with van der Waals surface area (Å²) in [4.78, 5) is 16.6. The Labute approximate surface area is 135 Å².